The van der Waals surface area contributed by atoms with E-state index < -0.39 is 0 Å². The maximum Gasteiger partial charge on any atom is 0.0567 e. The van der Waals surface area contributed by atoms with Crippen LogP contribution in [0.5, 0.6) is 0 Å². The molecule has 0 saturated carbocycles. The number of rotatable bonds is 0. The van der Waals surface area contributed by atoms with Crippen LogP contribution in [0.25, 0.3) is 10.8 Å². The molecule has 2 aromatic carbocycles. The first-order valence-corrected chi connectivity index (χ1v) is 6.42. The molecule has 0 aromatic heterocycles. The molecule has 1 aliphatic carbocycles. The third kappa shape index (κ3) is 1.04. The quantitative estimate of drug-likeness (QED) is 0.617. The zero-order valence-corrected chi connectivity index (χ0v) is 10.5. The van der Waals surface area contributed by atoms with E-state index in [0.717, 1.165) is 0 Å². The number of hydrogen-bond acceptors (Lipinski definition) is 0. The number of alkyl halides is 2. The highest BCUT2D eigenvalue weighted by atomic mass is 79.9. The summed E-state index contributed by atoms with van der Waals surface area (Å²) in [6.45, 7) is 0. The Hall–Kier alpha value is -0.340. The molecule has 0 N–H and O–H groups in total. The van der Waals surface area contributed by atoms with E-state index >= 15 is 0 Å². The summed E-state index contributed by atoms with van der Waals surface area (Å²) < 4.78 is 0. The lowest BCUT2D eigenvalue weighted by atomic mass is 10.1. The molecule has 0 amide bonds. The molecule has 0 saturated heterocycles. The maximum atomic E-state index is 3.73. The van der Waals surface area contributed by atoms with Gasteiger partial charge in [-0.3, -0.25) is 0 Å². The molecule has 1 aliphatic rings. The molecular weight excluding hydrogens is 304 g/mol. The van der Waals surface area contributed by atoms with Crippen molar-refractivity contribution in [3.05, 3.63) is 47.5 Å². The minimum absolute atomic E-state index is 0.406. The molecule has 2 aromatic rings. The van der Waals surface area contributed by atoms with Gasteiger partial charge in [-0.05, 0) is 21.9 Å². The van der Waals surface area contributed by atoms with Gasteiger partial charge >= 0.3 is 0 Å². The highest BCUT2D eigenvalue weighted by Crippen LogP contribution is 2.52. The normalized spacial score (nSPS) is 24.4. The Morgan fingerprint density at radius 3 is 1.79 bits per heavy atom. The van der Waals surface area contributed by atoms with Gasteiger partial charge in [0.15, 0.2) is 0 Å². The van der Waals surface area contributed by atoms with Crippen LogP contribution in [-0.2, 0) is 0 Å². The van der Waals surface area contributed by atoms with Crippen LogP contribution in [0.3, 0.4) is 0 Å². The number of hydrogen-bond donors (Lipinski definition) is 0. The topological polar surface area (TPSA) is 0 Å². The van der Waals surface area contributed by atoms with Crippen molar-refractivity contribution < 1.29 is 0 Å². The van der Waals surface area contributed by atoms with Gasteiger partial charge in [0.2, 0.25) is 0 Å². The molecule has 0 aliphatic heterocycles. The smallest absolute Gasteiger partial charge is 0.0567 e. The van der Waals surface area contributed by atoms with Crippen LogP contribution in [0.4, 0.5) is 0 Å². The van der Waals surface area contributed by atoms with Crippen LogP contribution >= 0.6 is 31.9 Å². The SMILES string of the molecule is Br[C@@H]1c2cccc3cccc(c23)[C@@H]1Br. The van der Waals surface area contributed by atoms with Crippen LogP contribution in [0.1, 0.15) is 20.8 Å². The Labute approximate surface area is 99.6 Å². The first-order valence-electron chi connectivity index (χ1n) is 4.59. The monoisotopic (exact) mass is 310 g/mol. The van der Waals surface area contributed by atoms with Crippen LogP contribution in [-0.4, -0.2) is 0 Å². The van der Waals surface area contributed by atoms with Crippen molar-refractivity contribution in [2.45, 2.75) is 9.65 Å². The summed E-state index contributed by atoms with van der Waals surface area (Å²) in [6, 6.07) is 13.0. The van der Waals surface area contributed by atoms with E-state index in [-0.39, 0.29) is 0 Å². The van der Waals surface area contributed by atoms with Gasteiger partial charge in [0, 0.05) is 0 Å². The molecule has 3 rings (SSSR count). The van der Waals surface area contributed by atoms with Crippen molar-refractivity contribution in [3.63, 3.8) is 0 Å². The molecule has 14 heavy (non-hydrogen) atoms. The van der Waals surface area contributed by atoms with Crippen molar-refractivity contribution in [2.75, 3.05) is 0 Å². The van der Waals surface area contributed by atoms with Gasteiger partial charge in [-0.1, -0.05) is 68.3 Å². The van der Waals surface area contributed by atoms with Crippen molar-refractivity contribution in [1.82, 2.24) is 0 Å². The highest BCUT2D eigenvalue weighted by Gasteiger charge is 2.29. The van der Waals surface area contributed by atoms with Crippen molar-refractivity contribution in [2.24, 2.45) is 0 Å². The third-order valence-corrected chi connectivity index (χ3v) is 5.57. The standard InChI is InChI=1S/C12H8Br2/c13-11-8-5-1-3-7-4-2-6-9(10(7)8)12(11)14/h1-6,11-12H/t11-,12+. The molecule has 2 heteroatoms. The van der Waals surface area contributed by atoms with Gasteiger partial charge in [-0.2, -0.15) is 0 Å². The van der Waals surface area contributed by atoms with Crippen LogP contribution < -0.4 is 0 Å². The summed E-state index contributed by atoms with van der Waals surface area (Å²) in [5.41, 5.74) is 2.81. The maximum absolute atomic E-state index is 3.73. The van der Waals surface area contributed by atoms with Gasteiger partial charge in [0.25, 0.3) is 0 Å². The summed E-state index contributed by atoms with van der Waals surface area (Å²) in [6.07, 6.45) is 0. The summed E-state index contributed by atoms with van der Waals surface area (Å²) >= 11 is 7.46. The average molecular weight is 312 g/mol. The first kappa shape index (κ1) is 8.93. The lowest BCUT2D eigenvalue weighted by Crippen LogP contribution is -1.87. The fourth-order valence-electron chi connectivity index (χ4n) is 2.17. The van der Waals surface area contributed by atoms with Gasteiger partial charge < -0.3 is 0 Å². The van der Waals surface area contributed by atoms with E-state index in [1.165, 1.54) is 21.9 Å². The molecular formula is C12H8Br2. The van der Waals surface area contributed by atoms with Gasteiger partial charge in [-0.15, -0.1) is 0 Å². The van der Waals surface area contributed by atoms with E-state index in [4.69, 9.17) is 0 Å². The Balaban J connectivity index is 2.49. The van der Waals surface area contributed by atoms with E-state index in [0.29, 0.717) is 9.65 Å². The predicted octanol–water partition coefficient (Wildman–Crippen LogP) is 4.73. The van der Waals surface area contributed by atoms with Crippen molar-refractivity contribution >= 4 is 42.6 Å². The van der Waals surface area contributed by atoms with Gasteiger partial charge in [0.1, 0.15) is 0 Å². The lowest BCUT2D eigenvalue weighted by Gasteiger charge is -2.06. The average Bonchev–Trinajstić information content (AvgIpc) is 2.47. The largest absolute Gasteiger partial charge is 0.0823 e. The Morgan fingerprint density at radius 2 is 1.29 bits per heavy atom. The highest BCUT2D eigenvalue weighted by molar-refractivity contribution is 9.12. The van der Waals surface area contributed by atoms with Crippen molar-refractivity contribution in [3.8, 4) is 0 Å². The van der Waals surface area contributed by atoms with Crippen LogP contribution in [0.15, 0.2) is 36.4 Å². The Kier molecular flexibility index (Phi) is 1.96. The second-order valence-corrected chi connectivity index (χ2v) is 5.57. The summed E-state index contributed by atoms with van der Waals surface area (Å²) in [5.74, 6) is 0. The minimum Gasteiger partial charge on any atom is -0.0823 e. The molecule has 0 spiro atoms. The van der Waals surface area contributed by atoms with Crippen LogP contribution in [0.2, 0.25) is 0 Å². The Morgan fingerprint density at radius 1 is 0.786 bits per heavy atom. The molecule has 0 fully saturated rings. The van der Waals surface area contributed by atoms with Crippen molar-refractivity contribution in [1.29, 1.82) is 0 Å². The molecule has 0 nitrogen and oxygen atoms in total. The first-order chi connectivity index (χ1) is 6.79. The van der Waals surface area contributed by atoms with Gasteiger partial charge in [-0.25, -0.2) is 0 Å². The molecule has 70 valence electrons. The van der Waals surface area contributed by atoms with Gasteiger partial charge in [0.05, 0.1) is 9.65 Å². The second-order valence-electron chi connectivity index (χ2n) is 3.60. The van der Waals surface area contributed by atoms with E-state index in [1.54, 1.807) is 0 Å². The minimum atomic E-state index is 0.406. The molecule has 0 unspecified atom stereocenters. The van der Waals surface area contributed by atoms with Crippen LogP contribution in [0, 0.1) is 0 Å². The molecule has 0 radical (unpaired) electrons. The summed E-state index contributed by atoms with van der Waals surface area (Å²) in [5, 5.41) is 2.75. The lowest BCUT2D eigenvalue weighted by molar-refractivity contribution is 0.999. The predicted molar refractivity (Wildman–Crippen MR) is 67.3 cm³/mol. The zero-order chi connectivity index (χ0) is 9.71. The zero-order valence-electron chi connectivity index (χ0n) is 7.37. The van der Waals surface area contributed by atoms with E-state index in [1.807, 2.05) is 0 Å². The van der Waals surface area contributed by atoms with E-state index in [2.05, 4.69) is 68.3 Å². The molecule has 0 heterocycles. The number of benzene rings is 2. The summed E-state index contributed by atoms with van der Waals surface area (Å²) in [7, 11) is 0. The Bertz CT molecular complexity index is 462. The summed E-state index contributed by atoms with van der Waals surface area (Å²) in [4.78, 5) is 0.812. The third-order valence-electron chi connectivity index (χ3n) is 2.82. The fraction of sp³-hybridized carbons (Fsp3) is 0.167. The number of halogens is 2. The fourth-order valence-corrected chi connectivity index (χ4v) is 3.51. The molecule has 0 bridgehead atoms. The molecule has 2 atom stereocenters. The van der Waals surface area contributed by atoms with E-state index in [9.17, 15) is 0 Å². The second kappa shape index (κ2) is 3.07.